The van der Waals surface area contributed by atoms with E-state index in [0.717, 1.165) is 10.2 Å². The highest BCUT2D eigenvalue weighted by molar-refractivity contribution is 9.10. The zero-order chi connectivity index (χ0) is 19.9. The number of aromatic nitrogens is 2. The molecular weight excluding hydrogens is 426 g/mol. The molecule has 28 heavy (non-hydrogen) atoms. The van der Waals surface area contributed by atoms with Crippen molar-refractivity contribution in [3.63, 3.8) is 0 Å². The Kier molecular flexibility index (Phi) is 6.28. The molecule has 0 atom stereocenters. The summed E-state index contributed by atoms with van der Waals surface area (Å²) in [6.45, 7) is -0.0290. The molecule has 3 aromatic rings. The van der Waals surface area contributed by atoms with Crippen molar-refractivity contribution < 1.29 is 14.3 Å². The van der Waals surface area contributed by atoms with Gasteiger partial charge in [-0.3, -0.25) is 20.4 Å². The van der Waals surface area contributed by atoms with Crippen LogP contribution in [-0.2, 0) is 4.79 Å². The van der Waals surface area contributed by atoms with Gasteiger partial charge >= 0.3 is 0 Å². The number of carbonyl (C=O) groups excluding carboxylic acids is 2. The largest absolute Gasteiger partial charge is 0.495 e. The summed E-state index contributed by atoms with van der Waals surface area (Å²) < 4.78 is 7.73. The van der Waals surface area contributed by atoms with Crippen LogP contribution in [0.1, 0.15) is 10.4 Å². The fraction of sp³-hybridized carbons (Fsp3) is 0.105. The fourth-order valence-electron chi connectivity index (χ4n) is 2.38. The number of ether oxygens (including phenoxy) is 1. The molecule has 2 amide bonds. The molecule has 0 radical (unpaired) electrons. The molecule has 8 nitrogen and oxygen atoms in total. The van der Waals surface area contributed by atoms with Gasteiger partial charge in [-0.15, -0.1) is 0 Å². The quantitative estimate of drug-likeness (QED) is 0.508. The van der Waals surface area contributed by atoms with E-state index in [9.17, 15) is 9.59 Å². The first kappa shape index (κ1) is 19.4. The van der Waals surface area contributed by atoms with Gasteiger partial charge in [0.05, 0.1) is 36.8 Å². The lowest BCUT2D eigenvalue weighted by molar-refractivity contribution is -0.120. The summed E-state index contributed by atoms with van der Waals surface area (Å²) in [6.07, 6.45) is 3.01. The van der Waals surface area contributed by atoms with Crippen LogP contribution in [0.3, 0.4) is 0 Å². The number of nitrogens with one attached hydrogen (secondary N) is 3. The average molecular weight is 444 g/mol. The van der Waals surface area contributed by atoms with Crippen molar-refractivity contribution >= 4 is 33.4 Å². The minimum atomic E-state index is -0.464. The van der Waals surface area contributed by atoms with E-state index in [1.807, 2.05) is 36.4 Å². The SMILES string of the molecule is COc1ccccc1NCC(=O)NNC(=O)c1cnn(-c2ccc(Br)cc2)c1. The van der Waals surface area contributed by atoms with Crippen molar-refractivity contribution in [1.29, 1.82) is 0 Å². The number of carbonyl (C=O) groups is 2. The number of nitrogens with zero attached hydrogens (tertiary/aromatic N) is 2. The van der Waals surface area contributed by atoms with Gasteiger partial charge < -0.3 is 10.1 Å². The van der Waals surface area contributed by atoms with Crippen LogP contribution in [0.4, 0.5) is 5.69 Å². The molecule has 3 N–H and O–H groups in total. The Morgan fingerprint density at radius 1 is 1.11 bits per heavy atom. The number of halogens is 1. The summed E-state index contributed by atoms with van der Waals surface area (Å²) >= 11 is 3.37. The van der Waals surface area contributed by atoms with Gasteiger partial charge in [0.15, 0.2) is 0 Å². The Balaban J connectivity index is 1.51. The highest BCUT2D eigenvalue weighted by Gasteiger charge is 2.11. The Morgan fingerprint density at radius 3 is 2.61 bits per heavy atom. The van der Waals surface area contributed by atoms with Crippen molar-refractivity contribution in [2.75, 3.05) is 19.0 Å². The monoisotopic (exact) mass is 443 g/mol. The highest BCUT2D eigenvalue weighted by Crippen LogP contribution is 2.22. The molecule has 0 spiro atoms. The van der Waals surface area contributed by atoms with Crippen molar-refractivity contribution in [3.8, 4) is 11.4 Å². The predicted octanol–water partition coefficient (Wildman–Crippen LogP) is 2.52. The van der Waals surface area contributed by atoms with E-state index in [1.165, 1.54) is 6.20 Å². The van der Waals surface area contributed by atoms with Gasteiger partial charge in [0.25, 0.3) is 11.8 Å². The van der Waals surface area contributed by atoms with E-state index in [1.54, 1.807) is 30.1 Å². The number of rotatable bonds is 6. The second-order valence-corrected chi connectivity index (χ2v) is 6.62. The summed E-state index contributed by atoms with van der Waals surface area (Å²) in [4.78, 5) is 24.2. The molecule has 0 saturated heterocycles. The maximum absolute atomic E-state index is 12.2. The standard InChI is InChI=1S/C19H18BrN5O3/c1-28-17-5-3-2-4-16(17)21-11-18(26)23-24-19(27)13-10-22-25(12-13)15-8-6-14(20)7-9-15/h2-10,12,21H,11H2,1H3,(H,23,26)(H,24,27). The summed E-state index contributed by atoms with van der Waals surface area (Å²) in [5.41, 5.74) is 6.54. The molecule has 9 heteroatoms. The van der Waals surface area contributed by atoms with E-state index in [4.69, 9.17) is 4.74 Å². The van der Waals surface area contributed by atoms with Crippen LogP contribution in [0.15, 0.2) is 65.4 Å². The average Bonchev–Trinajstić information content (AvgIpc) is 3.21. The first-order valence-electron chi connectivity index (χ1n) is 8.33. The molecule has 1 heterocycles. The van der Waals surface area contributed by atoms with Crippen LogP contribution in [0, 0.1) is 0 Å². The second kappa shape index (κ2) is 9.05. The van der Waals surface area contributed by atoms with E-state index in [0.29, 0.717) is 17.0 Å². The molecule has 0 aliphatic heterocycles. The number of hydrogen-bond acceptors (Lipinski definition) is 5. The normalized spacial score (nSPS) is 10.2. The van der Waals surface area contributed by atoms with Gasteiger partial charge in [-0.25, -0.2) is 4.68 Å². The minimum absolute atomic E-state index is 0.0290. The number of anilines is 1. The Hall–Kier alpha value is -3.33. The number of para-hydroxylation sites is 2. The summed E-state index contributed by atoms with van der Waals surface area (Å²) in [7, 11) is 1.55. The van der Waals surface area contributed by atoms with E-state index in [2.05, 4.69) is 37.2 Å². The molecule has 0 saturated carbocycles. The first-order chi connectivity index (χ1) is 13.6. The summed E-state index contributed by atoms with van der Waals surface area (Å²) in [5, 5.41) is 7.11. The molecule has 1 aromatic heterocycles. The lowest BCUT2D eigenvalue weighted by atomic mass is 10.3. The van der Waals surface area contributed by atoms with Crippen LogP contribution >= 0.6 is 15.9 Å². The van der Waals surface area contributed by atoms with Gasteiger partial charge in [-0.1, -0.05) is 28.1 Å². The van der Waals surface area contributed by atoms with Gasteiger partial charge in [-0.2, -0.15) is 5.10 Å². The number of benzene rings is 2. The van der Waals surface area contributed by atoms with Crippen LogP contribution < -0.4 is 20.9 Å². The molecule has 144 valence electrons. The second-order valence-electron chi connectivity index (χ2n) is 5.71. The zero-order valence-corrected chi connectivity index (χ0v) is 16.6. The van der Waals surface area contributed by atoms with Crippen LogP contribution in [0.25, 0.3) is 5.69 Å². The van der Waals surface area contributed by atoms with Crippen LogP contribution in [-0.4, -0.2) is 35.2 Å². The van der Waals surface area contributed by atoms with Crippen molar-refractivity contribution in [3.05, 3.63) is 71.0 Å². The molecule has 3 rings (SSSR count). The van der Waals surface area contributed by atoms with Crippen LogP contribution in [0.2, 0.25) is 0 Å². The third kappa shape index (κ3) is 4.89. The highest BCUT2D eigenvalue weighted by atomic mass is 79.9. The Labute approximate surface area is 170 Å². The van der Waals surface area contributed by atoms with Crippen molar-refractivity contribution in [2.45, 2.75) is 0 Å². The third-order valence-electron chi connectivity index (χ3n) is 3.80. The molecule has 0 bridgehead atoms. The van der Waals surface area contributed by atoms with Gasteiger partial charge in [0.1, 0.15) is 5.75 Å². The first-order valence-corrected chi connectivity index (χ1v) is 9.13. The molecule has 2 aromatic carbocycles. The molecule has 0 aliphatic carbocycles. The number of methoxy groups -OCH3 is 1. The number of amides is 2. The zero-order valence-electron chi connectivity index (χ0n) is 15.0. The van der Waals surface area contributed by atoms with E-state index < -0.39 is 11.8 Å². The summed E-state index contributed by atoms with van der Waals surface area (Å²) in [5.74, 6) is -0.242. The molecule has 0 fully saturated rings. The molecule has 0 aliphatic rings. The number of hydrazine groups is 1. The lowest BCUT2D eigenvalue weighted by Gasteiger charge is -2.11. The van der Waals surface area contributed by atoms with Crippen molar-refractivity contribution in [2.24, 2.45) is 0 Å². The maximum atomic E-state index is 12.2. The van der Waals surface area contributed by atoms with Gasteiger partial charge in [0, 0.05) is 10.7 Å². The lowest BCUT2D eigenvalue weighted by Crippen LogP contribution is -2.44. The topological polar surface area (TPSA) is 97.3 Å². The van der Waals surface area contributed by atoms with E-state index in [-0.39, 0.29) is 6.54 Å². The van der Waals surface area contributed by atoms with Gasteiger partial charge in [0.2, 0.25) is 0 Å². The number of hydrogen-bond donors (Lipinski definition) is 3. The Bertz CT molecular complexity index is 972. The van der Waals surface area contributed by atoms with E-state index >= 15 is 0 Å². The van der Waals surface area contributed by atoms with Gasteiger partial charge in [-0.05, 0) is 36.4 Å². The third-order valence-corrected chi connectivity index (χ3v) is 4.33. The fourth-order valence-corrected chi connectivity index (χ4v) is 2.65. The van der Waals surface area contributed by atoms with Crippen molar-refractivity contribution in [1.82, 2.24) is 20.6 Å². The molecule has 0 unspecified atom stereocenters. The maximum Gasteiger partial charge on any atom is 0.272 e. The summed E-state index contributed by atoms with van der Waals surface area (Å²) in [6, 6.07) is 14.7. The molecular formula is C19H18BrN5O3. The van der Waals surface area contributed by atoms with Crippen LogP contribution in [0.5, 0.6) is 5.75 Å². The predicted molar refractivity (Wildman–Crippen MR) is 108 cm³/mol. The Morgan fingerprint density at radius 2 is 1.86 bits per heavy atom. The minimum Gasteiger partial charge on any atom is -0.495 e. The smallest absolute Gasteiger partial charge is 0.272 e.